The average Bonchev–Trinajstić information content (AvgIpc) is 2.66. The number of esters is 2. The van der Waals surface area contributed by atoms with Crippen molar-refractivity contribution in [3.63, 3.8) is 0 Å². The molecule has 0 radical (unpaired) electrons. The highest BCUT2D eigenvalue weighted by molar-refractivity contribution is 6.01. The Labute approximate surface area is 155 Å². The Bertz CT molecular complexity index is 880. The number of methoxy groups -OCH3 is 3. The first-order valence-corrected chi connectivity index (χ1v) is 7.70. The van der Waals surface area contributed by atoms with E-state index in [0.717, 1.165) is 14.2 Å². The van der Waals surface area contributed by atoms with Gasteiger partial charge in [-0.25, -0.2) is 9.59 Å². The van der Waals surface area contributed by atoms with Crippen LogP contribution in [0.15, 0.2) is 41.2 Å². The second-order valence-corrected chi connectivity index (χ2v) is 5.42. The van der Waals surface area contributed by atoms with Crippen molar-refractivity contribution in [2.24, 2.45) is 5.73 Å². The number of ether oxygens (including phenoxy) is 4. The summed E-state index contributed by atoms with van der Waals surface area (Å²) in [5.74, 6) is -3.73. The minimum atomic E-state index is -1.12. The molecule has 1 aromatic rings. The third-order valence-electron chi connectivity index (χ3n) is 4.01. The Hall–Kier alpha value is -3.67. The summed E-state index contributed by atoms with van der Waals surface area (Å²) in [4.78, 5) is 24.6. The van der Waals surface area contributed by atoms with Gasteiger partial charge in [-0.1, -0.05) is 12.1 Å². The number of hydrogen-bond acceptors (Lipinski definition) is 9. The minimum absolute atomic E-state index is 0.101. The number of cyclic esters (lactones) is 1. The molecule has 1 unspecified atom stereocenters. The lowest BCUT2D eigenvalue weighted by molar-refractivity contribution is -0.140. The number of nitrogens with two attached hydrogens (primary N) is 1. The van der Waals surface area contributed by atoms with Crippen molar-refractivity contribution in [3.05, 3.63) is 52.3 Å². The second-order valence-electron chi connectivity index (χ2n) is 5.42. The van der Waals surface area contributed by atoms with Crippen LogP contribution in [0.4, 0.5) is 0 Å². The number of benzene rings is 1. The lowest BCUT2D eigenvalue weighted by atomic mass is 9.82. The molecular weight excluding hydrogens is 356 g/mol. The smallest absolute Gasteiger partial charge is 0.348 e. The molecule has 0 saturated carbocycles. The van der Waals surface area contributed by atoms with Crippen molar-refractivity contribution in [1.82, 2.24) is 0 Å². The summed E-state index contributed by atoms with van der Waals surface area (Å²) in [6, 6.07) is 6.75. The maximum absolute atomic E-state index is 12.3. The summed E-state index contributed by atoms with van der Waals surface area (Å²) in [5, 5.41) is 19.0. The van der Waals surface area contributed by atoms with Gasteiger partial charge in [0.2, 0.25) is 5.88 Å². The molecule has 0 amide bonds. The summed E-state index contributed by atoms with van der Waals surface area (Å²) in [7, 11) is 3.72. The molecule has 1 atom stereocenters. The van der Waals surface area contributed by atoms with Gasteiger partial charge in [0.15, 0.2) is 0 Å². The fraction of sp³-hybridized carbons (Fsp3) is 0.278. The number of rotatable bonds is 5. The monoisotopic (exact) mass is 374 g/mol. The molecule has 27 heavy (non-hydrogen) atoms. The lowest BCUT2D eigenvalue weighted by Crippen LogP contribution is -2.32. The topological polar surface area (TPSA) is 141 Å². The third-order valence-corrected chi connectivity index (χ3v) is 4.01. The standard InChI is InChI=1S/C18H18N2O7/c1-24-11-8-10(5-4-9(11)6-7-19)12-13(16(21)25-2)15(20)27-18(23)14(12)17(22)26-3/h4-5,8,12,22H,6,20H2,1-3H3/b17-14-. The number of carbonyl (C=O) groups is 2. The molecule has 9 heteroatoms. The predicted molar refractivity (Wildman–Crippen MR) is 91.0 cm³/mol. The molecule has 3 N–H and O–H groups in total. The molecule has 9 nitrogen and oxygen atoms in total. The first kappa shape index (κ1) is 19.7. The molecule has 0 bridgehead atoms. The molecule has 0 aromatic heterocycles. The van der Waals surface area contributed by atoms with Crippen LogP contribution < -0.4 is 10.5 Å². The van der Waals surface area contributed by atoms with Gasteiger partial charge in [-0.2, -0.15) is 5.26 Å². The maximum atomic E-state index is 12.3. The van der Waals surface area contributed by atoms with Crippen LogP contribution in [-0.2, 0) is 30.2 Å². The van der Waals surface area contributed by atoms with Crippen LogP contribution in [0, 0.1) is 11.3 Å². The highest BCUT2D eigenvalue weighted by atomic mass is 16.6. The van der Waals surface area contributed by atoms with E-state index in [1.165, 1.54) is 13.2 Å². The highest BCUT2D eigenvalue weighted by Gasteiger charge is 2.42. The molecule has 2 rings (SSSR count). The van der Waals surface area contributed by atoms with E-state index in [9.17, 15) is 14.7 Å². The van der Waals surface area contributed by atoms with E-state index in [2.05, 4.69) is 0 Å². The number of carbonyl (C=O) groups excluding carboxylic acids is 2. The number of aliphatic hydroxyl groups is 1. The number of hydrogen-bond donors (Lipinski definition) is 2. The lowest BCUT2D eigenvalue weighted by Gasteiger charge is -2.27. The van der Waals surface area contributed by atoms with Crippen molar-refractivity contribution in [3.8, 4) is 11.8 Å². The summed E-state index contributed by atoms with van der Waals surface area (Å²) in [6.07, 6.45) is 0.101. The van der Waals surface area contributed by atoms with Gasteiger partial charge in [-0.15, -0.1) is 0 Å². The zero-order valence-electron chi connectivity index (χ0n) is 14.9. The zero-order chi connectivity index (χ0) is 20.1. The molecule has 0 fully saturated rings. The summed E-state index contributed by atoms with van der Waals surface area (Å²) < 4.78 is 19.7. The van der Waals surface area contributed by atoms with E-state index in [1.54, 1.807) is 12.1 Å². The largest absolute Gasteiger partial charge is 0.496 e. The van der Waals surface area contributed by atoms with Gasteiger partial charge in [0.1, 0.15) is 16.9 Å². The average molecular weight is 374 g/mol. The Morgan fingerprint density at radius 1 is 1.33 bits per heavy atom. The normalized spacial score (nSPS) is 18.3. The molecule has 1 aliphatic heterocycles. The highest BCUT2D eigenvalue weighted by Crippen LogP contribution is 2.41. The fourth-order valence-electron chi connectivity index (χ4n) is 2.77. The van der Waals surface area contributed by atoms with Gasteiger partial charge in [-0.05, 0) is 11.6 Å². The van der Waals surface area contributed by atoms with E-state index in [0.29, 0.717) is 16.9 Å². The molecule has 1 aliphatic rings. The van der Waals surface area contributed by atoms with Crippen LogP contribution in [-0.4, -0.2) is 38.4 Å². The fourth-order valence-corrected chi connectivity index (χ4v) is 2.77. The van der Waals surface area contributed by atoms with Crippen LogP contribution in [0.1, 0.15) is 17.0 Å². The maximum Gasteiger partial charge on any atom is 0.348 e. The second kappa shape index (κ2) is 8.14. The Morgan fingerprint density at radius 3 is 2.59 bits per heavy atom. The molecule has 142 valence electrons. The summed E-state index contributed by atoms with van der Waals surface area (Å²) in [6.45, 7) is 0. The molecule has 0 saturated heterocycles. The number of nitriles is 1. The quantitative estimate of drug-likeness (QED) is 0.441. The Balaban J connectivity index is 2.76. The number of nitrogens with zero attached hydrogens (tertiary/aromatic N) is 1. The minimum Gasteiger partial charge on any atom is -0.496 e. The molecule has 0 spiro atoms. The van der Waals surface area contributed by atoms with Crippen LogP contribution in [0.3, 0.4) is 0 Å². The Morgan fingerprint density at radius 2 is 2.04 bits per heavy atom. The molecule has 1 aromatic carbocycles. The summed E-state index contributed by atoms with van der Waals surface area (Å²) >= 11 is 0. The molecule has 0 aliphatic carbocycles. The van der Waals surface area contributed by atoms with Crippen LogP contribution in [0.5, 0.6) is 5.75 Å². The van der Waals surface area contributed by atoms with Crippen LogP contribution in [0.2, 0.25) is 0 Å². The van der Waals surface area contributed by atoms with Crippen LogP contribution >= 0.6 is 0 Å². The van der Waals surface area contributed by atoms with Crippen molar-refractivity contribution in [1.29, 1.82) is 5.26 Å². The molecule has 1 heterocycles. The van der Waals surface area contributed by atoms with Gasteiger partial charge in [0.25, 0.3) is 5.95 Å². The first-order chi connectivity index (χ1) is 12.9. The predicted octanol–water partition coefficient (Wildman–Crippen LogP) is 1.16. The van der Waals surface area contributed by atoms with Gasteiger partial charge in [0, 0.05) is 5.56 Å². The van der Waals surface area contributed by atoms with Crippen LogP contribution in [0.25, 0.3) is 0 Å². The van der Waals surface area contributed by atoms with Crippen molar-refractivity contribution < 1.29 is 33.6 Å². The van der Waals surface area contributed by atoms with Gasteiger partial charge in [-0.3, -0.25) is 0 Å². The van der Waals surface area contributed by atoms with Crippen molar-refractivity contribution in [2.75, 3.05) is 21.3 Å². The summed E-state index contributed by atoms with van der Waals surface area (Å²) in [5.41, 5.74) is 6.24. The van der Waals surface area contributed by atoms with E-state index < -0.39 is 29.7 Å². The number of aliphatic hydroxyl groups excluding tert-OH is 1. The van der Waals surface area contributed by atoms with Crippen molar-refractivity contribution >= 4 is 11.9 Å². The third kappa shape index (κ3) is 3.64. The van der Waals surface area contributed by atoms with E-state index in [1.807, 2.05) is 6.07 Å². The molecular formula is C18H18N2O7. The van der Waals surface area contributed by atoms with Crippen molar-refractivity contribution in [2.45, 2.75) is 12.3 Å². The van der Waals surface area contributed by atoms with E-state index in [4.69, 9.17) is 29.9 Å². The van der Waals surface area contributed by atoms with E-state index >= 15 is 0 Å². The van der Waals surface area contributed by atoms with Gasteiger partial charge < -0.3 is 29.8 Å². The zero-order valence-corrected chi connectivity index (χ0v) is 14.9. The van der Waals surface area contributed by atoms with E-state index in [-0.39, 0.29) is 17.6 Å². The Kier molecular flexibility index (Phi) is 5.92. The SMILES string of the molecule is COC(=O)C1=C(N)OC(=O)/C(=C(/O)OC)C1c1ccc(CC#N)c(OC)c1. The first-order valence-electron chi connectivity index (χ1n) is 7.70. The van der Waals surface area contributed by atoms with Gasteiger partial charge in [0.05, 0.1) is 39.7 Å². The van der Waals surface area contributed by atoms with Gasteiger partial charge >= 0.3 is 11.9 Å².